The lowest BCUT2D eigenvalue weighted by Gasteiger charge is -2.16. The van der Waals surface area contributed by atoms with Crippen molar-refractivity contribution in [2.75, 3.05) is 18.5 Å². The first-order valence-corrected chi connectivity index (χ1v) is 5.90. The highest BCUT2D eigenvalue weighted by molar-refractivity contribution is 7.12. The molecule has 0 aliphatic heterocycles. The highest BCUT2D eigenvalue weighted by Gasteiger charge is 2.03. The van der Waals surface area contributed by atoms with Gasteiger partial charge in [-0.3, -0.25) is 4.79 Å². The van der Waals surface area contributed by atoms with Gasteiger partial charge in [0.25, 0.3) is 0 Å². The Kier molecular flexibility index (Phi) is 4.66. The van der Waals surface area contributed by atoms with E-state index in [-0.39, 0.29) is 0 Å². The number of thiophene rings is 1. The number of carbonyl (C=O) groups excluding carboxylic acids is 1. The summed E-state index contributed by atoms with van der Waals surface area (Å²) in [4.78, 5) is 13.5. The van der Waals surface area contributed by atoms with Gasteiger partial charge in [-0.2, -0.15) is 0 Å². The number of rotatable bonds is 6. The molecule has 0 unspecified atom stereocenters. The predicted molar refractivity (Wildman–Crippen MR) is 62.5 cm³/mol. The van der Waals surface area contributed by atoms with Gasteiger partial charge in [-0.05, 0) is 12.5 Å². The summed E-state index contributed by atoms with van der Waals surface area (Å²) in [6.45, 7) is 3.28. The minimum absolute atomic E-state index is 0.808. The SMILES string of the molecule is CCCCCN(C)c1csc(C=O)c1. The Labute approximate surface area is 89.5 Å². The van der Waals surface area contributed by atoms with Crippen LogP contribution in [0.2, 0.25) is 0 Å². The second-order valence-electron chi connectivity index (χ2n) is 3.45. The van der Waals surface area contributed by atoms with Gasteiger partial charge in [0.15, 0.2) is 6.29 Å². The van der Waals surface area contributed by atoms with Crippen LogP contribution in [0.1, 0.15) is 35.9 Å². The van der Waals surface area contributed by atoms with E-state index in [0.717, 1.165) is 23.4 Å². The van der Waals surface area contributed by atoms with Crippen LogP contribution in [-0.2, 0) is 0 Å². The maximum Gasteiger partial charge on any atom is 0.160 e. The molecule has 1 heterocycles. The first-order chi connectivity index (χ1) is 6.77. The highest BCUT2D eigenvalue weighted by atomic mass is 32.1. The fraction of sp³-hybridized carbons (Fsp3) is 0.545. The summed E-state index contributed by atoms with van der Waals surface area (Å²) in [5, 5.41) is 2.04. The lowest BCUT2D eigenvalue weighted by Crippen LogP contribution is -2.17. The molecular formula is C11H17NOS. The number of aldehydes is 1. The zero-order valence-electron chi connectivity index (χ0n) is 8.82. The molecule has 2 nitrogen and oxygen atoms in total. The van der Waals surface area contributed by atoms with Crippen LogP contribution in [0.25, 0.3) is 0 Å². The fourth-order valence-electron chi connectivity index (χ4n) is 1.33. The Balaban J connectivity index is 2.43. The molecule has 1 rings (SSSR count). The van der Waals surface area contributed by atoms with E-state index < -0.39 is 0 Å². The van der Waals surface area contributed by atoms with Crippen molar-refractivity contribution in [3.05, 3.63) is 16.3 Å². The molecule has 1 aromatic rings. The van der Waals surface area contributed by atoms with Crippen LogP contribution in [0.5, 0.6) is 0 Å². The molecule has 0 radical (unpaired) electrons. The van der Waals surface area contributed by atoms with E-state index in [1.807, 2.05) is 11.4 Å². The standard InChI is InChI=1S/C11H17NOS/c1-3-4-5-6-12(2)10-7-11(8-13)14-9-10/h7-9H,3-6H2,1-2H3. The molecule has 0 saturated heterocycles. The normalized spacial score (nSPS) is 10.1. The molecule has 0 aromatic carbocycles. The molecule has 0 aliphatic carbocycles. The molecule has 0 atom stereocenters. The lowest BCUT2D eigenvalue weighted by atomic mass is 10.2. The lowest BCUT2D eigenvalue weighted by molar-refractivity contribution is 0.112. The van der Waals surface area contributed by atoms with E-state index in [1.165, 1.54) is 30.6 Å². The molecule has 0 spiro atoms. The highest BCUT2D eigenvalue weighted by Crippen LogP contribution is 2.21. The number of anilines is 1. The van der Waals surface area contributed by atoms with Crippen LogP contribution < -0.4 is 4.90 Å². The number of nitrogens with zero attached hydrogens (tertiary/aromatic N) is 1. The number of hydrogen-bond acceptors (Lipinski definition) is 3. The third-order valence-corrected chi connectivity index (χ3v) is 3.11. The minimum Gasteiger partial charge on any atom is -0.374 e. The van der Waals surface area contributed by atoms with Crippen molar-refractivity contribution in [1.29, 1.82) is 0 Å². The van der Waals surface area contributed by atoms with Gasteiger partial charge in [0.2, 0.25) is 0 Å². The zero-order chi connectivity index (χ0) is 10.4. The van der Waals surface area contributed by atoms with E-state index >= 15 is 0 Å². The fourth-order valence-corrected chi connectivity index (χ4v) is 2.08. The summed E-state index contributed by atoms with van der Waals surface area (Å²) in [7, 11) is 2.08. The van der Waals surface area contributed by atoms with Gasteiger partial charge in [0.1, 0.15) is 0 Å². The van der Waals surface area contributed by atoms with Gasteiger partial charge in [-0.15, -0.1) is 11.3 Å². The molecule has 14 heavy (non-hydrogen) atoms. The average molecular weight is 211 g/mol. The van der Waals surface area contributed by atoms with Crippen molar-refractivity contribution >= 4 is 23.3 Å². The molecule has 78 valence electrons. The van der Waals surface area contributed by atoms with Gasteiger partial charge in [-0.1, -0.05) is 19.8 Å². The van der Waals surface area contributed by atoms with Crippen molar-refractivity contribution < 1.29 is 4.79 Å². The molecule has 0 fully saturated rings. The topological polar surface area (TPSA) is 20.3 Å². The van der Waals surface area contributed by atoms with Crippen molar-refractivity contribution in [2.45, 2.75) is 26.2 Å². The maximum absolute atomic E-state index is 10.5. The quantitative estimate of drug-likeness (QED) is 0.532. The van der Waals surface area contributed by atoms with Gasteiger partial charge < -0.3 is 4.90 Å². The van der Waals surface area contributed by atoms with Crippen LogP contribution in [0.4, 0.5) is 5.69 Å². The van der Waals surface area contributed by atoms with E-state index in [0.29, 0.717) is 0 Å². The Morgan fingerprint density at radius 2 is 2.29 bits per heavy atom. The predicted octanol–water partition coefficient (Wildman–Crippen LogP) is 3.19. The monoisotopic (exact) mass is 211 g/mol. The Morgan fingerprint density at radius 3 is 2.86 bits per heavy atom. The van der Waals surface area contributed by atoms with E-state index in [1.54, 1.807) is 0 Å². The zero-order valence-corrected chi connectivity index (χ0v) is 9.64. The summed E-state index contributed by atoms with van der Waals surface area (Å²) >= 11 is 1.51. The van der Waals surface area contributed by atoms with Crippen LogP contribution in [-0.4, -0.2) is 19.9 Å². The van der Waals surface area contributed by atoms with Crippen molar-refractivity contribution in [3.63, 3.8) is 0 Å². The van der Waals surface area contributed by atoms with Gasteiger partial charge >= 0.3 is 0 Å². The van der Waals surface area contributed by atoms with Gasteiger partial charge in [0, 0.05) is 24.7 Å². The summed E-state index contributed by atoms with van der Waals surface area (Å²) in [6.07, 6.45) is 4.65. The maximum atomic E-state index is 10.5. The first-order valence-electron chi connectivity index (χ1n) is 5.02. The summed E-state index contributed by atoms with van der Waals surface area (Å²) in [5.74, 6) is 0. The van der Waals surface area contributed by atoms with Crippen molar-refractivity contribution in [3.8, 4) is 0 Å². The van der Waals surface area contributed by atoms with Crippen molar-refractivity contribution in [1.82, 2.24) is 0 Å². The molecule has 3 heteroatoms. The average Bonchev–Trinajstić information content (AvgIpc) is 2.66. The third-order valence-electron chi connectivity index (χ3n) is 2.26. The molecule has 0 amide bonds. The summed E-state index contributed by atoms with van der Waals surface area (Å²) < 4.78 is 0. The number of hydrogen-bond donors (Lipinski definition) is 0. The summed E-state index contributed by atoms with van der Waals surface area (Å²) in [6, 6.07) is 1.95. The van der Waals surface area contributed by atoms with Crippen molar-refractivity contribution in [2.24, 2.45) is 0 Å². The summed E-state index contributed by atoms with van der Waals surface area (Å²) in [5.41, 5.74) is 1.16. The van der Waals surface area contributed by atoms with Gasteiger partial charge in [-0.25, -0.2) is 0 Å². The van der Waals surface area contributed by atoms with E-state index in [9.17, 15) is 4.79 Å². The van der Waals surface area contributed by atoms with Crippen LogP contribution in [0.15, 0.2) is 11.4 Å². The second-order valence-corrected chi connectivity index (χ2v) is 4.40. The smallest absolute Gasteiger partial charge is 0.160 e. The second kappa shape index (κ2) is 5.81. The number of carbonyl (C=O) groups is 1. The van der Waals surface area contributed by atoms with E-state index in [2.05, 4.69) is 18.9 Å². The van der Waals surface area contributed by atoms with Crippen LogP contribution in [0.3, 0.4) is 0 Å². The Bertz CT molecular complexity index is 283. The van der Waals surface area contributed by atoms with Crippen LogP contribution >= 0.6 is 11.3 Å². The Morgan fingerprint density at radius 1 is 1.50 bits per heavy atom. The van der Waals surface area contributed by atoms with E-state index in [4.69, 9.17) is 0 Å². The molecular weight excluding hydrogens is 194 g/mol. The molecule has 0 N–H and O–H groups in total. The molecule has 0 bridgehead atoms. The third kappa shape index (κ3) is 3.14. The van der Waals surface area contributed by atoms with Gasteiger partial charge in [0.05, 0.1) is 4.88 Å². The first kappa shape index (κ1) is 11.2. The van der Waals surface area contributed by atoms with Crippen LogP contribution in [0, 0.1) is 0 Å². The Hall–Kier alpha value is -0.830. The largest absolute Gasteiger partial charge is 0.374 e. The minimum atomic E-state index is 0.808. The molecule has 0 saturated carbocycles. The number of unbranched alkanes of at least 4 members (excludes halogenated alkanes) is 2. The molecule has 1 aromatic heterocycles. The molecule has 0 aliphatic rings.